The average Bonchev–Trinajstić information content (AvgIpc) is 2.67. The quantitative estimate of drug-likeness (QED) is 0.667. The van der Waals surface area contributed by atoms with Crippen molar-refractivity contribution in [2.24, 2.45) is 0 Å². The normalized spacial score (nSPS) is 11.1. The lowest BCUT2D eigenvalue weighted by molar-refractivity contribution is 0.937. The van der Waals surface area contributed by atoms with Crippen LogP contribution in [0, 0.1) is 6.92 Å². The number of hydrogen-bond donors (Lipinski definition) is 2. The molecule has 6 heteroatoms. The van der Waals surface area contributed by atoms with Gasteiger partial charge < -0.3 is 11.6 Å². The summed E-state index contributed by atoms with van der Waals surface area (Å²) in [5.74, 6) is 6.85. The van der Waals surface area contributed by atoms with E-state index < -0.39 is 0 Å². The smallest absolute Gasteiger partial charge is 0.150 e. The first-order chi connectivity index (χ1) is 9.09. The van der Waals surface area contributed by atoms with E-state index in [4.69, 9.17) is 23.2 Å². The van der Waals surface area contributed by atoms with Gasteiger partial charge in [-0.05, 0) is 31.2 Å². The Bertz CT molecular complexity index is 778. The summed E-state index contributed by atoms with van der Waals surface area (Å²) < 4.78 is 1.36. The minimum absolute atomic E-state index is 0.409. The highest BCUT2D eigenvalue weighted by Gasteiger charge is 2.16. The molecule has 1 aromatic carbocycles. The predicted octanol–water partition coefficient (Wildman–Crippen LogP) is 2.36. The minimum atomic E-state index is 0.409. The Morgan fingerprint density at radius 3 is 2.74 bits per heavy atom. The van der Waals surface area contributed by atoms with Gasteiger partial charge in [0.25, 0.3) is 0 Å². The van der Waals surface area contributed by atoms with Crippen molar-refractivity contribution >= 4 is 28.3 Å². The highest BCUT2D eigenvalue weighted by molar-refractivity contribution is 6.35. The van der Waals surface area contributed by atoms with Crippen molar-refractivity contribution in [1.29, 1.82) is 0 Å². The number of imidazole rings is 1. The van der Waals surface area contributed by atoms with Crippen molar-refractivity contribution in [3.05, 3.63) is 41.3 Å². The average molecular weight is 274 g/mol. The van der Waals surface area contributed by atoms with Crippen LogP contribution < -0.4 is 11.6 Å². The van der Waals surface area contributed by atoms with Gasteiger partial charge in [-0.15, -0.1) is 0 Å². The summed E-state index contributed by atoms with van der Waals surface area (Å²) in [4.78, 5) is 8.76. The van der Waals surface area contributed by atoms with E-state index in [9.17, 15) is 0 Å². The second-order valence-electron chi connectivity index (χ2n) is 4.26. The monoisotopic (exact) mass is 273 g/mol. The number of aromatic nitrogens is 3. The first-order valence-electron chi connectivity index (χ1n) is 5.73. The van der Waals surface area contributed by atoms with Crippen LogP contribution in [0.4, 0.5) is 5.82 Å². The highest BCUT2D eigenvalue weighted by Crippen LogP contribution is 2.33. The van der Waals surface area contributed by atoms with Gasteiger partial charge >= 0.3 is 0 Å². The predicted molar refractivity (Wildman–Crippen MR) is 77.3 cm³/mol. The zero-order chi connectivity index (χ0) is 13.6. The van der Waals surface area contributed by atoms with E-state index in [1.807, 2.05) is 24.3 Å². The third-order valence-corrected chi connectivity index (χ3v) is 3.43. The lowest BCUT2D eigenvalue weighted by Gasteiger charge is -2.06. The maximum atomic E-state index is 6.17. The Hall–Kier alpha value is -2.27. The summed E-state index contributed by atoms with van der Waals surface area (Å²) in [6, 6.07) is 7.42. The van der Waals surface area contributed by atoms with Crippen molar-refractivity contribution in [2.75, 3.05) is 11.6 Å². The van der Waals surface area contributed by atoms with Gasteiger partial charge in [0, 0.05) is 17.1 Å². The molecule has 0 aliphatic carbocycles. The molecule has 0 aliphatic heterocycles. The molecule has 0 spiro atoms. The van der Waals surface area contributed by atoms with Crippen LogP contribution in [0.25, 0.3) is 22.2 Å². The molecule has 3 aromatic rings. The molecule has 4 N–H and O–H groups in total. The van der Waals surface area contributed by atoms with Crippen molar-refractivity contribution in [3.8, 4) is 11.3 Å². The molecule has 3 rings (SSSR count). The summed E-state index contributed by atoms with van der Waals surface area (Å²) >= 11 is 6.17. The number of nitrogens with two attached hydrogens (primary N) is 2. The molecule has 0 atom stereocenters. The van der Waals surface area contributed by atoms with Gasteiger partial charge in [-0.3, -0.25) is 4.98 Å². The Morgan fingerprint density at radius 1 is 1.26 bits per heavy atom. The number of anilines is 1. The third kappa shape index (κ3) is 1.70. The van der Waals surface area contributed by atoms with Crippen LogP contribution in [-0.2, 0) is 0 Å². The highest BCUT2D eigenvalue weighted by atomic mass is 35.5. The Labute approximate surface area is 114 Å². The number of benzene rings is 1. The van der Waals surface area contributed by atoms with Gasteiger partial charge in [0.15, 0.2) is 5.82 Å². The van der Waals surface area contributed by atoms with Crippen molar-refractivity contribution in [2.45, 2.75) is 6.92 Å². The number of hydrogen-bond acceptors (Lipinski definition) is 4. The van der Waals surface area contributed by atoms with Gasteiger partial charge in [-0.25, -0.2) is 9.66 Å². The molecule has 0 unspecified atom stereocenters. The topological polar surface area (TPSA) is 82.8 Å². The summed E-state index contributed by atoms with van der Waals surface area (Å²) in [6.07, 6.45) is 1.71. The van der Waals surface area contributed by atoms with Gasteiger partial charge in [-0.2, -0.15) is 0 Å². The molecule has 19 heavy (non-hydrogen) atoms. The summed E-state index contributed by atoms with van der Waals surface area (Å²) in [6.45, 7) is 1.80. The minimum Gasteiger partial charge on any atom is -0.382 e. The van der Waals surface area contributed by atoms with Gasteiger partial charge in [0.2, 0.25) is 0 Å². The van der Waals surface area contributed by atoms with Crippen LogP contribution in [0.3, 0.4) is 0 Å². The van der Waals surface area contributed by atoms with E-state index in [0.717, 1.165) is 16.5 Å². The summed E-state index contributed by atoms with van der Waals surface area (Å²) in [5.41, 5.74) is 8.19. The summed E-state index contributed by atoms with van der Waals surface area (Å²) in [5, 5.41) is 1.51. The van der Waals surface area contributed by atoms with Crippen LogP contribution in [0.2, 0.25) is 5.02 Å². The van der Waals surface area contributed by atoms with Crippen molar-refractivity contribution in [3.63, 3.8) is 0 Å². The number of halogens is 1. The molecule has 0 radical (unpaired) electrons. The van der Waals surface area contributed by atoms with Crippen LogP contribution >= 0.6 is 11.6 Å². The van der Waals surface area contributed by atoms with E-state index in [0.29, 0.717) is 22.4 Å². The molecule has 0 amide bonds. The fourth-order valence-corrected chi connectivity index (χ4v) is 2.30. The lowest BCUT2D eigenvalue weighted by atomic mass is 10.1. The molecular formula is C13H12ClN5. The first-order valence-corrected chi connectivity index (χ1v) is 6.11. The van der Waals surface area contributed by atoms with Crippen LogP contribution in [0.15, 0.2) is 30.5 Å². The molecule has 2 aromatic heterocycles. The standard InChI is InChI=1S/C13H12ClN5/c1-7-18-12(13(15)19(7)16)9-4-5-10(14)8-3-2-6-17-11(8)9/h2-6H,15-16H2,1H3. The lowest BCUT2D eigenvalue weighted by Crippen LogP contribution is -2.13. The molecular weight excluding hydrogens is 262 g/mol. The number of nitrogens with zero attached hydrogens (tertiary/aromatic N) is 3. The molecule has 2 heterocycles. The Morgan fingerprint density at radius 2 is 2.05 bits per heavy atom. The zero-order valence-electron chi connectivity index (χ0n) is 10.3. The molecule has 0 fully saturated rings. The fourth-order valence-electron chi connectivity index (χ4n) is 2.09. The van der Waals surface area contributed by atoms with Gasteiger partial charge in [-0.1, -0.05) is 11.6 Å². The Balaban J connectivity index is 2.37. The molecule has 0 bridgehead atoms. The van der Waals surface area contributed by atoms with E-state index >= 15 is 0 Å². The number of rotatable bonds is 1. The van der Waals surface area contributed by atoms with E-state index in [1.54, 1.807) is 13.1 Å². The van der Waals surface area contributed by atoms with Crippen LogP contribution in [0.1, 0.15) is 5.82 Å². The summed E-state index contributed by atoms with van der Waals surface area (Å²) in [7, 11) is 0. The van der Waals surface area contributed by atoms with Crippen LogP contribution in [0.5, 0.6) is 0 Å². The number of pyridine rings is 1. The van der Waals surface area contributed by atoms with Crippen molar-refractivity contribution in [1.82, 2.24) is 14.6 Å². The fraction of sp³-hybridized carbons (Fsp3) is 0.0769. The molecule has 96 valence electrons. The molecule has 5 nitrogen and oxygen atoms in total. The van der Waals surface area contributed by atoms with Gasteiger partial charge in [0.05, 0.1) is 10.5 Å². The molecule has 0 saturated carbocycles. The van der Waals surface area contributed by atoms with Gasteiger partial charge in [0.1, 0.15) is 11.5 Å². The van der Waals surface area contributed by atoms with E-state index in [2.05, 4.69) is 9.97 Å². The SMILES string of the molecule is Cc1nc(-c2ccc(Cl)c3cccnc23)c(N)n1N. The first kappa shape index (κ1) is 11.8. The second kappa shape index (κ2) is 4.13. The largest absolute Gasteiger partial charge is 0.382 e. The van der Waals surface area contributed by atoms with E-state index in [1.165, 1.54) is 4.68 Å². The molecule has 0 aliphatic rings. The third-order valence-electron chi connectivity index (χ3n) is 3.10. The number of nitrogen functional groups attached to an aromatic ring is 2. The molecule has 0 saturated heterocycles. The zero-order valence-corrected chi connectivity index (χ0v) is 11.0. The maximum Gasteiger partial charge on any atom is 0.150 e. The second-order valence-corrected chi connectivity index (χ2v) is 4.66. The Kier molecular flexibility index (Phi) is 2.57. The maximum absolute atomic E-state index is 6.17. The van der Waals surface area contributed by atoms with Crippen LogP contribution in [-0.4, -0.2) is 14.6 Å². The number of aryl methyl sites for hydroxylation is 1. The van der Waals surface area contributed by atoms with Crippen molar-refractivity contribution < 1.29 is 0 Å². The van der Waals surface area contributed by atoms with E-state index in [-0.39, 0.29) is 0 Å². The number of fused-ring (bicyclic) bond motifs is 1.